The molecule has 0 amide bonds. The molecule has 0 radical (unpaired) electrons. The maximum absolute atomic E-state index is 10.3. The Morgan fingerprint density at radius 1 is 1.12 bits per heavy atom. The molecule has 1 unspecified atom stereocenters. The number of hydrogen-bond acceptors (Lipinski definition) is 2. The van der Waals surface area contributed by atoms with Crippen molar-refractivity contribution in [2.75, 3.05) is 13.2 Å². The van der Waals surface area contributed by atoms with Gasteiger partial charge in [-0.3, -0.25) is 0 Å². The van der Waals surface area contributed by atoms with Crippen LogP contribution in [0.15, 0.2) is 27.1 Å². The van der Waals surface area contributed by atoms with Crippen LogP contribution in [0.5, 0.6) is 0 Å². The van der Waals surface area contributed by atoms with Gasteiger partial charge in [0.2, 0.25) is 0 Å². The van der Waals surface area contributed by atoms with Crippen LogP contribution < -0.4 is 0 Å². The standard InChI is InChI=1S/C12H14Br2O2/c13-10-5-9(6-11(14)7-10)12(15)8-1-3-16-4-2-8/h5-8,12,15H,1-4H2. The summed E-state index contributed by atoms with van der Waals surface area (Å²) >= 11 is 6.88. The van der Waals surface area contributed by atoms with E-state index >= 15 is 0 Å². The Kier molecular flexibility index (Phi) is 4.41. The predicted octanol–water partition coefficient (Wildman–Crippen LogP) is 3.67. The second-order valence-corrected chi connectivity index (χ2v) is 5.93. The van der Waals surface area contributed by atoms with Crippen LogP contribution in [-0.4, -0.2) is 18.3 Å². The molecule has 0 aromatic heterocycles. The van der Waals surface area contributed by atoms with Gasteiger partial charge in [0, 0.05) is 22.2 Å². The molecule has 0 spiro atoms. The lowest BCUT2D eigenvalue weighted by Crippen LogP contribution is -2.21. The Hall–Kier alpha value is 0.1000. The van der Waals surface area contributed by atoms with Crippen molar-refractivity contribution in [1.29, 1.82) is 0 Å². The van der Waals surface area contributed by atoms with E-state index in [0.29, 0.717) is 5.92 Å². The second kappa shape index (κ2) is 5.63. The largest absolute Gasteiger partial charge is 0.388 e. The molecule has 2 rings (SSSR count). The minimum absolute atomic E-state index is 0.315. The van der Waals surface area contributed by atoms with Gasteiger partial charge in [0.15, 0.2) is 0 Å². The van der Waals surface area contributed by atoms with Gasteiger partial charge in [0.1, 0.15) is 0 Å². The molecule has 88 valence electrons. The molecule has 2 nitrogen and oxygen atoms in total. The third kappa shape index (κ3) is 3.06. The highest BCUT2D eigenvalue weighted by atomic mass is 79.9. The zero-order valence-corrected chi connectivity index (χ0v) is 12.0. The Labute approximate surface area is 112 Å². The summed E-state index contributed by atoms with van der Waals surface area (Å²) in [6.07, 6.45) is 1.48. The molecule has 1 heterocycles. The van der Waals surface area contributed by atoms with Crippen molar-refractivity contribution in [3.8, 4) is 0 Å². The van der Waals surface area contributed by atoms with Crippen molar-refractivity contribution < 1.29 is 9.84 Å². The van der Waals surface area contributed by atoms with Gasteiger partial charge in [-0.1, -0.05) is 31.9 Å². The molecule has 1 aliphatic rings. The molecule has 0 saturated carbocycles. The topological polar surface area (TPSA) is 29.5 Å². The van der Waals surface area contributed by atoms with Crippen LogP contribution in [0, 0.1) is 5.92 Å². The second-order valence-electron chi connectivity index (χ2n) is 4.10. The Balaban J connectivity index is 2.15. The fourth-order valence-electron chi connectivity index (χ4n) is 2.05. The molecule has 1 aliphatic heterocycles. The van der Waals surface area contributed by atoms with Crippen LogP contribution in [0.3, 0.4) is 0 Å². The summed E-state index contributed by atoms with van der Waals surface area (Å²) in [5.74, 6) is 0.315. The lowest BCUT2D eigenvalue weighted by molar-refractivity contribution is 0.00714. The number of benzene rings is 1. The van der Waals surface area contributed by atoms with E-state index in [4.69, 9.17) is 4.74 Å². The maximum atomic E-state index is 10.3. The number of halogens is 2. The van der Waals surface area contributed by atoms with Crippen molar-refractivity contribution in [1.82, 2.24) is 0 Å². The molecule has 1 aromatic rings. The third-order valence-electron chi connectivity index (χ3n) is 2.94. The fraction of sp³-hybridized carbons (Fsp3) is 0.500. The van der Waals surface area contributed by atoms with Crippen LogP contribution in [0.2, 0.25) is 0 Å². The molecule has 1 N–H and O–H groups in total. The van der Waals surface area contributed by atoms with Crippen LogP contribution in [-0.2, 0) is 4.74 Å². The van der Waals surface area contributed by atoms with E-state index < -0.39 is 6.10 Å². The van der Waals surface area contributed by atoms with Gasteiger partial charge >= 0.3 is 0 Å². The molecule has 1 saturated heterocycles. The first kappa shape index (κ1) is 12.6. The zero-order valence-electron chi connectivity index (χ0n) is 8.83. The van der Waals surface area contributed by atoms with Gasteiger partial charge in [-0.05, 0) is 42.5 Å². The number of ether oxygens (including phenoxy) is 1. The Morgan fingerprint density at radius 3 is 2.25 bits per heavy atom. The smallest absolute Gasteiger partial charge is 0.0820 e. The zero-order chi connectivity index (χ0) is 11.5. The minimum atomic E-state index is -0.391. The quantitative estimate of drug-likeness (QED) is 0.882. The SMILES string of the molecule is OC(c1cc(Br)cc(Br)c1)C1CCOCC1. The molecule has 4 heteroatoms. The molecule has 1 atom stereocenters. The van der Waals surface area contributed by atoms with E-state index in [-0.39, 0.29) is 0 Å². The average molecular weight is 350 g/mol. The highest BCUT2D eigenvalue weighted by Crippen LogP contribution is 2.32. The van der Waals surface area contributed by atoms with Crippen molar-refractivity contribution in [2.45, 2.75) is 18.9 Å². The lowest BCUT2D eigenvalue weighted by Gasteiger charge is -2.27. The van der Waals surface area contributed by atoms with E-state index in [1.54, 1.807) is 0 Å². The third-order valence-corrected chi connectivity index (χ3v) is 3.85. The number of rotatable bonds is 2. The summed E-state index contributed by atoms with van der Waals surface area (Å²) in [4.78, 5) is 0. The van der Waals surface area contributed by atoms with Gasteiger partial charge < -0.3 is 9.84 Å². The van der Waals surface area contributed by atoms with Gasteiger partial charge in [0.25, 0.3) is 0 Å². The van der Waals surface area contributed by atoms with E-state index in [0.717, 1.165) is 40.6 Å². The van der Waals surface area contributed by atoms with Crippen LogP contribution in [0.1, 0.15) is 24.5 Å². The van der Waals surface area contributed by atoms with Crippen molar-refractivity contribution in [2.24, 2.45) is 5.92 Å². The highest BCUT2D eigenvalue weighted by molar-refractivity contribution is 9.11. The Bertz CT molecular complexity index is 342. The van der Waals surface area contributed by atoms with Crippen molar-refractivity contribution >= 4 is 31.9 Å². The van der Waals surface area contributed by atoms with Crippen LogP contribution in [0.4, 0.5) is 0 Å². The summed E-state index contributed by atoms with van der Waals surface area (Å²) in [6, 6.07) is 5.93. The van der Waals surface area contributed by atoms with Crippen molar-refractivity contribution in [3.63, 3.8) is 0 Å². The predicted molar refractivity (Wildman–Crippen MR) is 70.3 cm³/mol. The van der Waals surface area contributed by atoms with E-state index in [9.17, 15) is 5.11 Å². The maximum Gasteiger partial charge on any atom is 0.0820 e. The summed E-state index contributed by atoms with van der Waals surface area (Å²) in [6.45, 7) is 1.52. The fourth-order valence-corrected chi connectivity index (χ4v) is 3.38. The van der Waals surface area contributed by atoms with E-state index in [1.807, 2.05) is 18.2 Å². The van der Waals surface area contributed by atoms with Gasteiger partial charge in [-0.2, -0.15) is 0 Å². The van der Waals surface area contributed by atoms with Gasteiger partial charge in [0.05, 0.1) is 6.10 Å². The summed E-state index contributed by atoms with van der Waals surface area (Å²) < 4.78 is 7.28. The minimum Gasteiger partial charge on any atom is -0.388 e. The normalized spacial score (nSPS) is 19.7. The molecule has 0 aliphatic carbocycles. The number of aliphatic hydroxyl groups excluding tert-OH is 1. The first-order valence-electron chi connectivity index (χ1n) is 5.38. The molecule has 1 fully saturated rings. The monoisotopic (exact) mass is 348 g/mol. The first-order valence-corrected chi connectivity index (χ1v) is 6.97. The first-order chi connectivity index (χ1) is 7.66. The molecule has 1 aromatic carbocycles. The molecular weight excluding hydrogens is 336 g/mol. The van der Waals surface area contributed by atoms with Gasteiger partial charge in [-0.25, -0.2) is 0 Å². The van der Waals surface area contributed by atoms with Crippen molar-refractivity contribution in [3.05, 3.63) is 32.7 Å². The summed E-state index contributed by atoms with van der Waals surface area (Å²) in [7, 11) is 0. The number of hydrogen-bond donors (Lipinski definition) is 1. The van der Waals surface area contributed by atoms with Gasteiger partial charge in [-0.15, -0.1) is 0 Å². The lowest BCUT2D eigenvalue weighted by atomic mass is 9.89. The Morgan fingerprint density at radius 2 is 1.69 bits per heavy atom. The van der Waals surface area contributed by atoms with E-state index in [2.05, 4.69) is 31.9 Å². The van der Waals surface area contributed by atoms with Crippen LogP contribution in [0.25, 0.3) is 0 Å². The average Bonchev–Trinajstić information content (AvgIpc) is 2.28. The molecular formula is C12H14Br2O2. The van der Waals surface area contributed by atoms with E-state index in [1.165, 1.54) is 0 Å². The summed E-state index contributed by atoms with van der Waals surface area (Å²) in [5.41, 5.74) is 0.966. The highest BCUT2D eigenvalue weighted by Gasteiger charge is 2.23. The molecule has 16 heavy (non-hydrogen) atoms. The number of aliphatic hydroxyl groups is 1. The summed E-state index contributed by atoms with van der Waals surface area (Å²) in [5, 5.41) is 10.3. The molecule has 0 bridgehead atoms. The van der Waals surface area contributed by atoms with Crippen LogP contribution >= 0.6 is 31.9 Å².